The van der Waals surface area contributed by atoms with Crippen molar-refractivity contribution < 1.29 is 0 Å². The third-order valence-electron chi connectivity index (χ3n) is 4.47. The van der Waals surface area contributed by atoms with Crippen molar-refractivity contribution in [2.45, 2.75) is 37.6 Å². The lowest BCUT2D eigenvalue weighted by Gasteiger charge is -2.35. The number of benzene rings is 1. The van der Waals surface area contributed by atoms with E-state index in [4.69, 9.17) is 0 Å². The van der Waals surface area contributed by atoms with Crippen molar-refractivity contribution in [1.82, 2.24) is 10.2 Å². The van der Waals surface area contributed by atoms with E-state index in [2.05, 4.69) is 40.5 Å². The summed E-state index contributed by atoms with van der Waals surface area (Å²) in [5.41, 5.74) is 1.52. The largest absolute Gasteiger partial charge is 0.312 e. The molecule has 2 saturated heterocycles. The molecule has 0 amide bonds. The highest BCUT2D eigenvalue weighted by Crippen LogP contribution is 2.28. The molecule has 18 heavy (non-hydrogen) atoms. The minimum atomic E-state index is 0.652. The van der Waals surface area contributed by atoms with Crippen LogP contribution in [0.2, 0.25) is 0 Å². The van der Waals surface area contributed by atoms with Crippen molar-refractivity contribution in [1.29, 1.82) is 0 Å². The zero-order chi connectivity index (χ0) is 12.2. The van der Waals surface area contributed by atoms with Gasteiger partial charge in [-0.1, -0.05) is 30.3 Å². The van der Waals surface area contributed by atoms with Crippen LogP contribution in [-0.2, 0) is 0 Å². The van der Waals surface area contributed by atoms with Gasteiger partial charge >= 0.3 is 0 Å². The molecule has 0 unspecified atom stereocenters. The van der Waals surface area contributed by atoms with E-state index in [0.717, 1.165) is 0 Å². The predicted octanol–water partition coefficient (Wildman–Crippen LogP) is 2.62. The lowest BCUT2D eigenvalue weighted by atomic mass is 9.84. The van der Waals surface area contributed by atoms with E-state index in [1.54, 1.807) is 0 Å². The van der Waals surface area contributed by atoms with Crippen LogP contribution in [-0.4, -0.2) is 37.1 Å². The second kappa shape index (κ2) is 5.85. The molecule has 98 valence electrons. The SMILES string of the molecule is c1ccc([C@H]2CCCN[C@@H]2CN2CCCC2)cc1. The molecule has 0 aliphatic carbocycles. The van der Waals surface area contributed by atoms with Gasteiger partial charge in [0.1, 0.15) is 0 Å². The van der Waals surface area contributed by atoms with Crippen molar-refractivity contribution in [3.8, 4) is 0 Å². The molecular formula is C16H24N2. The van der Waals surface area contributed by atoms with Gasteiger partial charge in [0.15, 0.2) is 0 Å². The first-order valence-corrected chi connectivity index (χ1v) is 7.44. The van der Waals surface area contributed by atoms with E-state index in [0.29, 0.717) is 12.0 Å². The van der Waals surface area contributed by atoms with Crippen LogP contribution in [0.4, 0.5) is 0 Å². The van der Waals surface area contributed by atoms with Gasteiger partial charge in [-0.2, -0.15) is 0 Å². The van der Waals surface area contributed by atoms with Gasteiger partial charge in [0, 0.05) is 18.5 Å². The molecule has 1 N–H and O–H groups in total. The lowest BCUT2D eigenvalue weighted by molar-refractivity contribution is 0.242. The fourth-order valence-electron chi connectivity index (χ4n) is 3.49. The molecule has 3 rings (SSSR count). The van der Waals surface area contributed by atoms with Crippen LogP contribution in [0.1, 0.15) is 37.2 Å². The fraction of sp³-hybridized carbons (Fsp3) is 0.625. The van der Waals surface area contributed by atoms with Crippen molar-refractivity contribution >= 4 is 0 Å². The molecule has 2 aliphatic rings. The second-order valence-electron chi connectivity index (χ2n) is 5.73. The van der Waals surface area contributed by atoms with Gasteiger partial charge in [-0.25, -0.2) is 0 Å². The van der Waals surface area contributed by atoms with Crippen LogP contribution in [0.25, 0.3) is 0 Å². The van der Waals surface area contributed by atoms with E-state index >= 15 is 0 Å². The summed E-state index contributed by atoms with van der Waals surface area (Å²) in [4.78, 5) is 2.64. The number of hydrogen-bond donors (Lipinski definition) is 1. The zero-order valence-corrected chi connectivity index (χ0v) is 11.1. The first kappa shape index (κ1) is 12.2. The molecule has 0 aromatic heterocycles. The monoisotopic (exact) mass is 244 g/mol. The van der Waals surface area contributed by atoms with Crippen LogP contribution in [0, 0.1) is 0 Å². The van der Waals surface area contributed by atoms with E-state index in [1.807, 2.05) is 0 Å². The summed E-state index contributed by atoms with van der Waals surface area (Å²) < 4.78 is 0. The Morgan fingerprint density at radius 1 is 1.06 bits per heavy atom. The number of nitrogens with one attached hydrogen (secondary N) is 1. The smallest absolute Gasteiger partial charge is 0.0263 e. The topological polar surface area (TPSA) is 15.3 Å². The normalized spacial score (nSPS) is 29.6. The Labute approximate surface area is 110 Å². The first-order chi connectivity index (χ1) is 8.93. The Balaban J connectivity index is 1.69. The molecule has 1 aromatic rings. The summed E-state index contributed by atoms with van der Waals surface area (Å²) in [7, 11) is 0. The Kier molecular flexibility index (Phi) is 3.96. The number of piperidine rings is 1. The third kappa shape index (κ3) is 2.76. The fourth-order valence-corrected chi connectivity index (χ4v) is 3.49. The van der Waals surface area contributed by atoms with E-state index in [1.165, 1.54) is 57.4 Å². The van der Waals surface area contributed by atoms with E-state index in [9.17, 15) is 0 Å². The zero-order valence-electron chi connectivity index (χ0n) is 11.1. The highest BCUT2D eigenvalue weighted by Gasteiger charge is 2.28. The number of rotatable bonds is 3. The number of hydrogen-bond acceptors (Lipinski definition) is 2. The Morgan fingerprint density at radius 3 is 2.61 bits per heavy atom. The third-order valence-corrected chi connectivity index (χ3v) is 4.47. The van der Waals surface area contributed by atoms with E-state index in [-0.39, 0.29) is 0 Å². The van der Waals surface area contributed by atoms with Gasteiger partial charge in [-0.15, -0.1) is 0 Å². The Hall–Kier alpha value is -0.860. The average Bonchev–Trinajstić information content (AvgIpc) is 2.93. The molecule has 0 saturated carbocycles. The summed E-state index contributed by atoms with van der Waals surface area (Å²) >= 11 is 0. The van der Waals surface area contributed by atoms with Crippen molar-refractivity contribution in [2.75, 3.05) is 26.2 Å². The van der Waals surface area contributed by atoms with Crippen molar-refractivity contribution in [3.63, 3.8) is 0 Å². The molecule has 2 heteroatoms. The van der Waals surface area contributed by atoms with Crippen LogP contribution in [0.5, 0.6) is 0 Å². The van der Waals surface area contributed by atoms with Gasteiger partial charge in [0.2, 0.25) is 0 Å². The minimum absolute atomic E-state index is 0.652. The molecule has 1 aromatic carbocycles. The number of nitrogens with zero attached hydrogens (tertiary/aromatic N) is 1. The van der Waals surface area contributed by atoms with Crippen LogP contribution >= 0.6 is 0 Å². The average molecular weight is 244 g/mol. The van der Waals surface area contributed by atoms with E-state index < -0.39 is 0 Å². The number of likely N-dealkylation sites (tertiary alicyclic amines) is 1. The second-order valence-corrected chi connectivity index (χ2v) is 5.73. The summed E-state index contributed by atoms with van der Waals surface area (Å²) in [5.74, 6) is 0.709. The molecule has 0 radical (unpaired) electrons. The van der Waals surface area contributed by atoms with Gasteiger partial charge < -0.3 is 10.2 Å². The van der Waals surface area contributed by atoms with Crippen molar-refractivity contribution in [3.05, 3.63) is 35.9 Å². The summed E-state index contributed by atoms with van der Waals surface area (Å²) in [6.45, 7) is 5.04. The van der Waals surface area contributed by atoms with Gasteiger partial charge in [0.05, 0.1) is 0 Å². The minimum Gasteiger partial charge on any atom is -0.312 e. The van der Waals surface area contributed by atoms with Gasteiger partial charge in [-0.3, -0.25) is 0 Å². The summed E-state index contributed by atoms with van der Waals surface area (Å²) in [5, 5.41) is 3.75. The van der Waals surface area contributed by atoms with Gasteiger partial charge in [-0.05, 0) is 50.9 Å². The standard InChI is InChI=1S/C16H24N2/c1-2-7-14(8-3-1)15-9-6-10-17-16(15)13-18-11-4-5-12-18/h1-3,7-8,15-17H,4-6,9-13H2/t15-,16-/m1/s1. The van der Waals surface area contributed by atoms with Crippen LogP contribution in [0.3, 0.4) is 0 Å². The maximum atomic E-state index is 3.75. The molecule has 2 fully saturated rings. The summed E-state index contributed by atoms with van der Waals surface area (Å²) in [6.07, 6.45) is 5.44. The Morgan fingerprint density at radius 2 is 1.83 bits per heavy atom. The molecule has 2 heterocycles. The maximum Gasteiger partial charge on any atom is 0.0263 e. The first-order valence-electron chi connectivity index (χ1n) is 7.44. The molecular weight excluding hydrogens is 220 g/mol. The van der Waals surface area contributed by atoms with Gasteiger partial charge in [0.25, 0.3) is 0 Å². The molecule has 2 atom stereocenters. The quantitative estimate of drug-likeness (QED) is 0.879. The highest BCUT2D eigenvalue weighted by atomic mass is 15.2. The maximum absolute atomic E-state index is 3.75. The molecule has 2 nitrogen and oxygen atoms in total. The Bertz CT molecular complexity index is 357. The highest BCUT2D eigenvalue weighted by molar-refractivity contribution is 5.22. The molecule has 0 spiro atoms. The van der Waals surface area contributed by atoms with Crippen molar-refractivity contribution in [2.24, 2.45) is 0 Å². The van der Waals surface area contributed by atoms with Crippen LogP contribution < -0.4 is 5.32 Å². The lowest BCUT2D eigenvalue weighted by Crippen LogP contribution is -2.47. The summed E-state index contributed by atoms with van der Waals surface area (Å²) in [6, 6.07) is 11.7. The molecule has 0 bridgehead atoms. The van der Waals surface area contributed by atoms with Crippen LogP contribution in [0.15, 0.2) is 30.3 Å². The predicted molar refractivity (Wildman–Crippen MR) is 75.9 cm³/mol. The molecule has 2 aliphatic heterocycles.